The van der Waals surface area contributed by atoms with E-state index in [4.69, 9.17) is 9.47 Å². The molecule has 3 aliphatic heterocycles. The molecule has 11 aromatic rings. The summed E-state index contributed by atoms with van der Waals surface area (Å²) < 4.78 is 16.2. The molecule has 4 nitrogen and oxygen atoms in total. The standard InChI is InChI=1S/C67H48N2O2/c1-67(2)57-30-26-43(39-55(57)65-63(67)51-22-12-14-24-61(51)70-65)44-27-31-58-53(37-44)54-38-45(28-32-59(54)68(58)49-20-10-5-11-21-49)46-29-33-60-56(40-46)66-64(52-23-13-15-25-62(52)71-66)69(60)50-35-47(41-16-6-3-7-17-41)34-48(36-50)42-18-8-4-9-19-42/h3-40,63-66H,1-2H3. The number of hydrogen-bond donors (Lipinski definition) is 0. The third kappa shape index (κ3) is 6.04. The van der Waals surface area contributed by atoms with E-state index in [-0.39, 0.29) is 29.6 Å². The monoisotopic (exact) mass is 912 g/mol. The normalized spacial score (nSPS) is 18.6. The molecule has 0 saturated heterocycles. The van der Waals surface area contributed by atoms with Crippen LogP contribution in [0.15, 0.2) is 231 Å². The molecule has 0 amide bonds. The van der Waals surface area contributed by atoms with Crippen molar-refractivity contribution in [3.05, 3.63) is 258 Å². The van der Waals surface area contributed by atoms with Crippen molar-refractivity contribution in [3.8, 4) is 61.7 Å². The summed E-state index contributed by atoms with van der Waals surface area (Å²) in [6, 6.07) is 84.6. The molecule has 0 N–H and O–H groups in total. The highest BCUT2D eigenvalue weighted by molar-refractivity contribution is 6.11. The maximum Gasteiger partial charge on any atom is 0.151 e. The number of aromatic nitrogens is 1. The molecular formula is C67H48N2O2. The van der Waals surface area contributed by atoms with Gasteiger partial charge in [-0.2, -0.15) is 0 Å². The minimum Gasteiger partial charge on any atom is -0.485 e. The first kappa shape index (κ1) is 40.3. The molecule has 4 unspecified atom stereocenters. The predicted molar refractivity (Wildman–Crippen MR) is 289 cm³/mol. The van der Waals surface area contributed by atoms with E-state index in [1.165, 1.54) is 99.8 Å². The molecule has 10 aromatic carbocycles. The van der Waals surface area contributed by atoms with E-state index >= 15 is 0 Å². The zero-order valence-corrected chi connectivity index (χ0v) is 39.5. The number of benzene rings is 10. The zero-order chi connectivity index (χ0) is 47.0. The molecule has 4 aliphatic rings. The lowest BCUT2D eigenvalue weighted by Crippen LogP contribution is -2.22. The van der Waals surface area contributed by atoms with Crippen LogP contribution in [0.1, 0.15) is 65.8 Å². The van der Waals surface area contributed by atoms with Crippen LogP contribution in [0, 0.1) is 0 Å². The van der Waals surface area contributed by atoms with E-state index in [1.807, 2.05) is 0 Å². The molecule has 4 heteroatoms. The first-order valence-electron chi connectivity index (χ1n) is 24.9. The molecule has 4 atom stereocenters. The number of anilines is 2. The average Bonchev–Trinajstić information content (AvgIpc) is 4.22. The minimum absolute atomic E-state index is 0.00771. The van der Waals surface area contributed by atoms with Gasteiger partial charge in [-0.25, -0.2) is 0 Å². The number of para-hydroxylation sites is 3. The van der Waals surface area contributed by atoms with Crippen LogP contribution in [0.3, 0.4) is 0 Å². The summed E-state index contributed by atoms with van der Waals surface area (Å²) in [7, 11) is 0. The van der Waals surface area contributed by atoms with Crippen LogP contribution in [0.2, 0.25) is 0 Å². The number of fused-ring (bicyclic) bond motifs is 13. The van der Waals surface area contributed by atoms with E-state index in [0.29, 0.717) is 0 Å². The van der Waals surface area contributed by atoms with Gasteiger partial charge in [0.25, 0.3) is 0 Å². The summed E-state index contributed by atoms with van der Waals surface area (Å²) in [4.78, 5) is 2.53. The Labute approximate surface area is 413 Å². The van der Waals surface area contributed by atoms with E-state index in [1.54, 1.807) is 0 Å². The zero-order valence-electron chi connectivity index (χ0n) is 39.5. The second-order valence-electron chi connectivity index (χ2n) is 20.4. The quantitative estimate of drug-likeness (QED) is 0.166. The number of hydrogen-bond acceptors (Lipinski definition) is 3. The fourth-order valence-corrected chi connectivity index (χ4v) is 12.9. The van der Waals surface area contributed by atoms with E-state index in [9.17, 15) is 0 Å². The second-order valence-corrected chi connectivity index (χ2v) is 20.4. The Morgan fingerprint density at radius 2 is 0.873 bits per heavy atom. The van der Waals surface area contributed by atoms with Crippen LogP contribution in [0.5, 0.6) is 11.5 Å². The maximum atomic E-state index is 6.99. The van der Waals surface area contributed by atoms with Gasteiger partial charge in [-0.3, -0.25) is 0 Å². The topological polar surface area (TPSA) is 26.6 Å². The molecule has 1 aromatic heterocycles. The highest BCUT2D eigenvalue weighted by Crippen LogP contribution is 2.62. The average molecular weight is 913 g/mol. The number of nitrogens with zero attached hydrogens (tertiary/aromatic N) is 2. The number of rotatable bonds is 6. The summed E-state index contributed by atoms with van der Waals surface area (Å²) >= 11 is 0. The van der Waals surface area contributed by atoms with Gasteiger partial charge in [-0.1, -0.05) is 159 Å². The van der Waals surface area contributed by atoms with Gasteiger partial charge in [-0.15, -0.1) is 0 Å². The summed E-state index contributed by atoms with van der Waals surface area (Å²) in [6.45, 7) is 4.76. The van der Waals surface area contributed by atoms with Gasteiger partial charge in [-0.05, 0) is 141 Å². The van der Waals surface area contributed by atoms with Crippen molar-refractivity contribution in [2.75, 3.05) is 4.90 Å². The Morgan fingerprint density at radius 1 is 0.366 bits per heavy atom. The van der Waals surface area contributed by atoms with Gasteiger partial charge in [0.2, 0.25) is 0 Å². The smallest absolute Gasteiger partial charge is 0.151 e. The molecule has 71 heavy (non-hydrogen) atoms. The van der Waals surface area contributed by atoms with Crippen molar-refractivity contribution in [1.29, 1.82) is 0 Å². The molecule has 4 heterocycles. The van der Waals surface area contributed by atoms with Crippen molar-refractivity contribution in [2.45, 2.75) is 43.4 Å². The van der Waals surface area contributed by atoms with Crippen molar-refractivity contribution >= 4 is 33.2 Å². The molecule has 0 radical (unpaired) electrons. The Morgan fingerprint density at radius 3 is 1.52 bits per heavy atom. The lowest BCUT2D eigenvalue weighted by Gasteiger charge is -2.28. The molecule has 15 rings (SSSR count). The summed E-state index contributed by atoms with van der Waals surface area (Å²) in [5.74, 6) is 2.26. The van der Waals surface area contributed by atoms with Crippen LogP contribution in [-0.4, -0.2) is 4.57 Å². The van der Waals surface area contributed by atoms with Gasteiger partial charge >= 0.3 is 0 Å². The lowest BCUT2D eigenvalue weighted by atomic mass is 9.75. The Bertz CT molecular complexity index is 3890. The van der Waals surface area contributed by atoms with Gasteiger partial charge in [0.1, 0.15) is 23.6 Å². The maximum absolute atomic E-state index is 6.99. The molecule has 338 valence electrons. The molecule has 0 spiro atoms. The SMILES string of the molecule is CC1(C)c2ccc(-c3ccc4c(c3)c3cc(-c5ccc6c(c5)C5Oc7ccccc7C5N6c5cc(-c6ccccc6)cc(-c6ccccc6)c5)ccc3n4-c3ccccc3)cc2C2Oc3ccccc3C21. The molecule has 1 aliphatic carbocycles. The van der Waals surface area contributed by atoms with E-state index in [2.05, 4.69) is 254 Å². The Kier molecular flexibility index (Phi) is 8.63. The number of ether oxygens (including phenoxy) is 2. The summed E-state index contributed by atoms with van der Waals surface area (Å²) in [6.07, 6.45) is -0.167. The molecule has 0 bridgehead atoms. The van der Waals surface area contributed by atoms with E-state index < -0.39 is 0 Å². The third-order valence-corrected chi connectivity index (χ3v) is 16.1. The lowest BCUT2D eigenvalue weighted by molar-refractivity contribution is 0.198. The Balaban J connectivity index is 0.868. The van der Waals surface area contributed by atoms with Crippen LogP contribution in [-0.2, 0) is 5.41 Å². The van der Waals surface area contributed by atoms with Crippen LogP contribution < -0.4 is 14.4 Å². The van der Waals surface area contributed by atoms with Gasteiger partial charge < -0.3 is 18.9 Å². The minimum atomic E-state index is -0.175. The van der Waals surface area contributed by atoms with Crippen LogP contribution in [0.25, 0.3) is 72.0 Å². The summed E-state index contributed by atoms with van der Waals surface area (Å²) in [5, 5.41) is 2.44. The fraction of sp³-hybridized carbons (Fsp3) is 0.104. The molecule has 0 saturated carbocycles. The van der Waals surface area contributed by atoms with Crippen molar-refractivity contribution in [1.82, 2.24) is 4.57 Å². The predicted octanol–water partition coefficient (Wildman–Crippen LogP) is 17.3. The van der Waals surface area contributed by atoms with Gasteiger partial charge in [0.05, 0.1) is 11.0 Å². The van der Waals surface area contributed by atoms with Gasteiger partial charge in [0.15, 0.2) is 6.10 Å². The molecular weight excluding hydrogens is 865 g/mol. The second kappa shape index (κ2) is 15.2. The van der Waals surface area contributed by atoms with Crippen LogP contribution in [0.4, 0.5) is 11.4 Å². The largest absolute Gasteiger partial charge is 0.485 e. The third-order valence-electron chi connectivity index (χ3n) is 16.1. The first-order chi connectivity index (χ1) is 34.9. The highest BCUT2D eigenvalue weighted by atomic mass is 16.5. The molecule has 0 fully saturated rings. The first-order valence-corrected chi connectivity index (χ1v) is 24.9. The fourth-order valence-electron chi connectivity index (χ4n) is 12.9. The van der Waals surface area contributed by atoms with Crippen molar-refractivity contribution in [3.63, 3.8) is 0 Å². The highest BCUT2D eigenvalue weighted by Gasteiger charge is 2.53. The van der Waals surface area contributed by atoms with Crippen molar-refractivity contribution in [2.24, 2.45) is 0 Å². The van der Waals surface area contributed by atoms with Gasteiger partial charge in [0, 0.05) is 55.9 Å². The van der Waals surface area contributed by atoms with Crippen molar-refractivity contribution < 1.29 is 9.47 Å². The van der Waals surface area contributed by atoms with E-state index in [0.717, 1.165) is 22.9 Å². The van der Waals surface area contributed by atoms with Crippen LogP contribution >= 0.6 is 0 Å². The Hall–Kier alpha value is -8.60. The summed E-state index contributed by atoms with van der Waals surface area (Å²) in [5.41, 5.74) is 21.7.